The Labute approximate surface area is 172 Å². The Morgan fingerprint density at radius 2 is 1.57 bits per heavy atom. The van der Waals surface area contributed by atoms with Crippen LogP contribution in [-0.4, -0.2) is 23.8 Å². The van der Waals surface area contributed by atoms with Crippen molar-refractivity contribution in [3.63, 3.8) is 0 Å². The summed E-state index contributed by atoms with van der Waals surface area (Å²) in [6.07, 6.45) is 1.28. The van der Waals surface area contributed by atoms with E-state index in [2.05, 4.69) is 0 Å². The summed E-state index contributed by atoms with van der Waals surface area (Å²) < 4.78 is 33.0. The fourth-order valence-electron chi connectivity index (χ4n) is 3.39. The van der Waals surface area contributed by atoms with Crippen LogP contribution < -0.4 is 4.74 Å². The Morgan fingerprint density at radius 1 is 0.867 bits per heavy atom. The van der Waals surface area contributed by atoms with Crippen molar-refractivity contribution in [1.82, 2.24) is 4.90 Å². The molecule has 2 amide bonds. The predicted octanol–water partition coefficient (Wildman–Crippen LogP) is 4.70. The number of imide groups is 1. The molecule has 1 heterocycles. The summed E-state index contributed by atoms with van der Waals surface area (Å²) in [5.74, 6) is -2.41. The highest BCUT2D eigenvalue weighted by Gasteiger charge is 2.34. The number of nitrogens with zero attached hydrogens (tertiary/aromatic N) is 1. The van der Waals surface area contributed by atoms with E-state index in [-0.39, 0.29) is 17.7 Å². The summed E-state index contributed by atoms with van der Waals surface area (Å²) in [5, 5.41) is 0. The van der Waals surface area contributed by atoms with E-state index in [0.717, 1.165) is 16.5 Å². The predicted molar refractivity (Wildman–Crippen MR) is 109 cm³/mol. The lowest BCUT2D eigenvalue weighted by Gasteiger charge is -2.29. The number of rotatable bonds is 4. The molecule has 0 aliphatic carbocycles. The Morgan fingerprint density at radius 3 is 2.27 bits per heavy atom. The maximum absolute atomic E-state index is 14.2. The third kappa shape index (κ3) is 3.48. The second kappa shape index (κ2) is 7.91. The molecule has 4 nitrogen and oxygen atoms in total. The van der Waals surface area contributed by atoms with Gasteiger partial charge in [0, 0.05) is 16.7 Å². The van der Waals surface area contributed by atoms with Crippen LogP contribution in [0.1, 0.15) is 27.0 Å². The number of fused-ring (bicyclic) bond motifs is 1. The van der Waals surface area contributed by atoms with E-state index in [1.54, 1.807) is 55.6 Å². The number of methoxy groups -OCH3 is 1. The zero-order chi connectivity index (χ0) is 21.3. The topological polar surface area (TPSA) is 46.6 Å². The molecule has 0 fully saturated rings. The number of benzene rings is 3. The van der Waals surface area contributed by atoms with Crippen LogP contribution in [0.2, 0.25) is 0 Å². The summed E-state index contributed by atoms with van der Waals surface area (Å²) >= 11 is 0. The lowest BCUT2D eigenvalue weighted by molar-refractivity contribution is -0.123. The molecular formula is C24H17F2NO3. The normalized spacial score (nSPS) is 14.8. The van der Waals surface area contributed by atoms with Gasteiger partial charge in [0.15, 0.2) is 11.6 Å². The van der Waals surface area contributed by atoms with Gasteiger partial charge >= 0.3 is 0 Å². The van der Waals surface area contributed by atoms with E-state index < -0.39 is 23.4 Å². The number of carbonyl (C=O) groups excluding carboxylic acids is 2. The summed E-state index contributed by atoms with van der Waals surface area (Å²) in [5.41, 5.74) is 1.51. The Balaban J connectivity index is 1.79. The maximum atomic E-state index is 14.2. The van der Waals surface area contributed by atoms with Crippen LogP contribution in [-0.2, 0) is 11.3 Å². The van der Waals surface area contributed by atoms with E-state index >= 15 is 0 Å². The molecule has 0 saturated heterocycles. The van der Waals surface area contributed by atoms with Gasteiger partial charge in [-0.05, 0) is 41.5 Å². The summed E-state index contributed by atoms with van der Waals surface area (Å²) in [6, 6.07) is 17.4. The molecule has 150 valence electrons. The number of hydrogen-bond donors (Lipinski definition) is 0. The molecule has 0 saturated carbocycles. The van der Waals surface area contributed by atoms with Gasteiger partial charge in [-0.15, -0.1) is 0 Å². The summed E-state index contributed by atoms with van der Waals surface area (Å²) in [6.45, 7) is 0.0406. The van der Waals surface area contributed by atoms with Crippen molar-refractivity contribution in [2.45, 2.75) is 6.54 Å². The van der Waals surface area contributed by atoms with Crippen molar-refractivity contribution in [2.75, 3.05) is 7.11 Å². The molecule has 6 heteroatoms. The van der Waals surface area contributed by atoms with Gasteiger partial charge in [-0.2, -0.15) is 0 Å². The highest BCUT2D eigenvalue weighted by atomic mass is 19.2. The van der Waals surface area contributed by atoms with Gasteiger partial charge in [-0.1, -0.05) is 42.5 Å². The van der Waals surface area contributed by atoms with Gasteiger partial charge in [0.05, 0.1) is 13.7 Å². The van der Waals surface area contributed by atoms with Gasteiger partial charge in [0.1, 0.15) is 5.75 Å². The summed E-state index contributed by atoms with van der Waals surface area (Å²) in [7, 11) is 1.55. The molecular weight excluding hydrogens is 388 g/mol. The van der Waals surface area contributed by atoms with Gasteiger partial charge in [0.2, 0.25) is 0 Å². The number of ether oxygens (including phenoxy) is 1. The lowest BCUT2D eigenvalue weighted by Crippen LogP contribution is -2.41. The van der Waals surface area contributed by atoms with E-state index in [1.165, 1.54) is 18.2 Å². The smallest absolute Gasteiger partial charge is 0.261 e. The third-order valence-corrected chi connectivity index (χ3v) is 4.95. The Hall–Kier alpha value is -3.80. The van der Waals surface area contributed by atoms with Crippen LogP contribution in [0.4, 0.5) is 8.78 Å². The highest BCUT2D eigenvalue weighted by Crippen LogP contribution is 2.32. The molecule has 0 spiro atoms. The number of amides is 2. The molecule has 3 aromatic rings. The zero-order valence-electron chi connectivity index (χ0n) is 16.1. The first-order valence-electron chi connectivity index (χ1n) is 9.24. The zero-order valence-corrected chi connectivity index (χ0v) is 16.1. The van der Waals surface area contributed by atoms with Crippen LogP contribution in [0.5, 0.6) is 5.75 Å². The molecule has 1 aliphatic rings. The fourth-order valence-corrected chi connectivity index (χ4v) is 3.39. The second-order valence-electron chi connectivity index (χ2n) is 6.79. The molecule has 4 rings (SSSR count). The van der Waals surface area contributed by atoms with Crippen molar-refractivity contribution in [3.8, 4) is 5.75 Å². The van der Waals surface area contributed by atoms with E-state index in [4.69, 9.17) is 4.74 Å². The molecule has 0 radical (unpaired) electrons. The minimum Gasteiger partial charge on any atom is -0.497 e. The molecule has 0 aromatic heterocycles. The third-order valence-electron chi connectivity index (χ3n) is 4.95. The summed E-state index contributed by atoms with van der Waals surface area (Å²) in [4.78, 5) is 27.3. The molecule has 0 atom stereocenters. The van der Waals surface area contributed by atoms with Gasteiger partial charge in [-0.25, -0.2) is 8.78 Å². The standard InChI is InChI=1S/C24H17F2NO3/c1-30-17-11-9-15(10-12-17)14-27-23(28)19-7-3-2-6-18(19)20(24(27)29)13-16-5-4-8-21(25)22(16)26/h2-13H,14H2,1H3. The number of carbonyl (C=O) groups is 2. The molecule has 3 aromatic carbocycles. The molecule has 0 N–H and O–H groups in total. The van der Waals surface area contributed by atoms with Gasteiger partial charge in [0.25, 0.3) is 11.8 Å². The van der Waals surface area contributed by atoms with Crippen LogP contribution in [0, 0.1) is 11.6 Å². The van der Waals surface area contributed by atoms with Crippen molar-refractivity contribution < 1.29 is 23.1 Å². The largest absolute Gasteiger partial charge is 0.497 e. The molecule has 0 unspecified atom stereocenters. The average molecular weight is 405 g/mol. The molecule has 30 heavy (non-hydrogen) atoms. The minimum absolute atomic E-state index is 0.0406. The highest BCUT2D eigenvalue weighted by molar-refractivity contribution is 6.33. The Kier molecular flexibility index (Phi) is 5.14. The van der Waals surface area contributed by atoms with E-state index in [0.29, 0.717) is 16.9 Å². The first-order chi connectivity index (χ1) is 14.5. The SMILES string of the molecule is COc1ccc(CN2C(=O)C(=Cc3cccc(F)c3F)c3ccccc3C2=O)cc1. The van der Waals surface area contributed by atoms with Gasteiger partial charge in [-0.3, -0.25) is 14.5 Å². The fraction of sp³-hybridized carbons (Fsp3) is 0.0833. The first kappa shape index (κ1) is 19.5. The van der Waals surface area contributed by atoms with Gasteiger partial charge < -0.3 is 4.74 Å². The van der Waals surface area contributed by atoms with E-state index in [1.807, 2.05) is 0 Å². The minimum atomic E-state index is -1.05. The monoisotopic (exact) mass is 405 g/mol. The van der Waals surface area contributed by atoms with Crippen LogP contribution in [0.25, 0.3) is 11.6 Å². The van der Waals surface area contributed by atoms with Crippen molar-refractivity contribution in [2.24, 2.45) is 0 Å². The quantitative estimate of drug-likeness (QED) is 0.467. The van der Waals surface area contributed by atoms with Crippen molar-refractivity contribution in [3.05, 3.63) is 101 Å². The second-order valence-corrected chi connectivity index (χ2v) is 6.79. The molecule has 0 bridgehead atoms. The lowest BCUT2D eigenvalue weighted by atomic mass is 9.91. The van der Waals surface area contributed by atoms with Crippen LogP contribution in [0.3, 0.4) is 0 Å². The Bertz CT molecular complexity index is 1170. The molecule has 1 aliphatic heterocycles. The van der Waals surface area contributed by atoms with Crippen LogP contribution >= 0.6 is 0 Å². The van der Waals surface area contributed by atoms with Crippen LogP contribution in [0.15, 0.2) is 66.7 Å². The first-order valence-corrected chi connectivity index (χ1v) is 9.24. The van der Waals surface area contributed by atoms with E-state index in [9.17, 15) is 18.4 Å². The number of hydrogen-bond acceptors (Lipinski definition) is 3. The van der Waals surface area contributed by atoms with Crippen molar-refractivity contribution >= 4 is 23.5 Å². The number of halogens is 2. The average Bonchev–Trinajstić information content (AvgIpc) is 2.77. The maximum Gasteiger partial charge on any atom is 0.261 e. The van der Waals surface area contributed by atoms with Crippen molar-refractivity contribution in [1.29, 1.82) is 0 Å².